The topological polar surface area (TPSA) is 0 Å². The average molecular weight is 356 g/mol. The fourth-order valence-corrected chi connectivity index (χ4v) is 3.83. The molecule has 0 unspecified atom stereocenters. The van der Waals surface area contributed by atoms with Gasteiger partial charge < -0.3 is 0 Å². The highest BCUT2D eigenvalue weighted by atomic mass is 14.1. The highest BCUT2D eigenvalue weighted by molar-refractivity contribution is 5.96. The lowest BCUT2D eigenvalue weighted by molar-refractivity contribution is 1.58. The molecule has 0 spiro atoms. The van der Waals surface area contributed by atoms with Gasteiger partial charge in [-0.3, -0.25) is 0 Å². The molecule has 132 valence electrons. The molecule has 0 atom stereocenters. The minimum atomic E-state index is 1.24. The zero-order valence-corrected chi connectivity index (χ0v) is 15.5. The van der Waals surface area contributed by atoms with Crippen molar-refractivity contribution in [2.75, 3.05) is 0 Å². The quantitative estimate of drug-likeness (QED) is 0.309. The maximum atomic E-state index is 2.27. The predicted molar refractivity (Wildman–Crippen MR) is 120 cm³/mol. The molecule has 0 N–H and O–H groups in total. The number of hydrogen-bond donors (Lipinski definition) is 0. The minimum absolute atomic E-state index is 1.24. The second-order valence-electron chi connectivity index (χ2n) is 7.05. The Morgan fingerprint density at radius 2 is 0.857 bits per heavy atom. The molecule has 0 nitrogen and oxygen atoms in total. The normalized spacial score (nSPS) is 10.9. The molecule has 0 aliphatic rings. The van der Waals surface area contributed by atoms with Crippen LogP contribution in [0.4, 0.5) is 0 Å². The molecule has 0 heteroatoms. The smallest absolute Gasteiger partial charge is 0.0105 e. The average Bonchev–Trinajstić information content (AvgIpc) is 2.79. The largest absolute Gasteiger partial charge is 0.0622 e. The molecule has 0 aliphatic carbocycles. The number of benzene rings is 5. The van der Waals surface area contributed by atoms with Crippen LogP contribution < -0.4 is 0 Å². The molecule has 0 heterocycles. The molecule has 5 aromatic carbocycles. The Kier molecular flexibility index (Phi) is 4.23. The Labute approximate surface area is 165 Å². The maximum absolute atomic E-state index is 2.27. The molecule has 5 aromatic rings. The highest BCUT2D eigenvalue weighted by Gasteiger charge is 2.05. The summed E-state index contributed by atoms with van der Waals surface area (Å²) >= 11 is 0. The molecular weight excluding hydrogens is 336 g/mol. The van der Waals surface area contributed by atoms with Crippen LogP contribution in [0.15, 0.2) is 121 Å². The lowest BCUT2D eigenvalue weighted by atomic mass is 9.95. The zero-order valence-electron chi connectivity index (χ0n) is 15.5. The van der Waals surface area contributed by atoms with Crippen LogP contribution in [0.5, 0.6) is 0 Å². The number of rotatable bonds is 3. The van der Waals surface area contributed by atoms with Crippen molar-refractivity contribution >= 4 is 10.8 Å². The van der Waals surface area contributed by atoms with Crippen molar-refractivity contribution in [3.8, 4) is 33.4 Å². The van der Waals surface area contributed by atoms with Crippen molar-refractivity contribution in [2.45, 2.75) is 0 Å². The third kappa shape index (κ3) is 3.10. The SMILES string of the molecule is c1ccc(-c2cccc(-c3ccc(-c4cccc5ccccc45)cc3)c2)cc1. The molecule has 0 saturated carbocycles. The van der Waals surface area contributed by atoms with Crippen LogP contribution in [-0.4, -0.2) is 0 Å². The molecule has 0 radical (unpaired) electrons. The highest BCUT2D eigenvalue weighted by Crippen LogP contribution is 2.31. The van der Waals surface area contributed by atoms with Crippen molar-refractivity contribution in [3.05, 3.63) is 121 Å². The van der Waals surface area contributed by atoms with Gasteiger partial charge in [-0.1, -0.05) is 115 Å². The van der Waals surface area contributed by atoms with E-state index in [1.54, 1.807) is 0 Å². The standard InChI is InChI=1S/C28H20/c1-2-8-21(9-3-1)25-12-6-13-26(20-25)22-16-18-24(19-17-22)28-15-7-11-23-10-4-5-14-27(23)28/h1-20H. The fourth-order valence-electron chi connectivity index (χ4n) is 3.83. The lowest BCUT2D eigenvalue weighted by Gasteiger charge is -2.09. The summed E-state index contributed by atoms with van der Waals surface area (Å²) in [6.07, 6.45) is 0. The minimum Gasteiger partial charge on any atom is -0.0622 e. The van der Waals surface area contributed by atoms with Crippen LogP contribution in [0.1, 0.15) is 0 Å². The van der Waals surface area contributed by atoms with Crippen LogP contribution in [-0.2, 0) is 0 Å². The van der Waals surface area contributed by atoms with E-state index in [1.165, 1.54) is 44.2 Å². The first-order chi connectivity index (χ1) is 13.9. The van der Waals surface area contributed by atoms with Gasteiger partial charge in [0, 0.05) is 0 Å². The summed E-state index contributed by atoms with van der Waals surface area (Å²) < 4.78 is 0. The van der Waals surface area contributed by atoms with Crippen LogP contribution in [0.2, 0.25) is 0 Å². The predicted octanol–water partition coefficient (Wildman–Crippen LogP) is 7.84. The first-order valence-corrected chi connectivity index (χ1v) is 9.62. The van der Waals surface area contributed by atoms with Gasteiger partial charge in [0.1, 0.15) is 0 Å². The van der Waals surface area contributed by atoms with Crippen molar-refractivity contribution in [1.29, 1.82) is 0 Å². The number of hydrogen-bond acceptors (Lipinski definition) is 0. The van der Waals surface area contributed by atoms with E-state index in [4.69, 9.17) is 0 Å². The van der Waals surface area contributed by atoms with E-state index in [2.05, 4.69) is 121 Å². The summed E-state index contributed by atoms with van der Waals surface area (Å²) in [4.78, 5) is 0. The van der Waals surface area contributed by atoms with Crippen molar-refractivity contribution in [3.63, 3.8) is 0 Å². The molecule has 0 fully saturated rings. The summed E-state index contributed by atoms with van der Waals surface area (Å²) in [5, 5.41) is 2.57. The van der Waals surface area contributed by atoms with E-state index < -0.39 is 0 Å². The Bertz CT molecular complexity index is 1230. The number of fused-ring (bicyclic) bond motifs is 1. The molecule has 0 saturated heterocycles. The van der Waals surface area contributed by atoms with Gasteiger partial charge in [0.05, 0.1) is 0 Å². The first-order valence-electron chi connectivity index (χ1n) is 9.62. The van der Waals surface area contributed by atoms with E-state index >= 15 is 0 Å². The zero-order chi connectivity index (χ0) is 18.8. The van der Waals surface area contributed by atoms with Crippen molar-refractivity contribution in [1.82, 2.24) is 0 Å². The molecule has 0 bridgehead atoms. The summed E-state index contributed by atoms with van der Waals surface area (Å²) in [6, 6.07) is 43.3. The molecule has 0 amide bonds. The van der Waals surface area contributed by atoms with Crippen molar-refractivity contribution in [2.24, 2.45) is 0 Å². The van der Waals surface area contributed by atoms with Crippen LogP contribution in [0.25, 0.3) is 44.2 Å². The summed E-state index contributed by atoms with van der Waals surface area (Å²) in [5.41, 5.74) is 7.50. The van der Waals surface area contributed by atoms with Crippen LogP contribution in [0.3, 0.4) is 0 Å². The summed E-state index contributed by atoms with van der Waals surface area (Å²) in [6.45, 7) is 0. The fraction of sp³-hybridized carbons (Fsp3) is 0. The molecule has 5 rings (SSSR count). The van der Waals surface area contributed by atoms with E-state index in [-0.39, 0.29) is 0 Å². The monoisotopic (exact) mass is 356 g/mol. The van der Waals surface area contributed by atoms with Crippen LogP contribution in [0, 0.1) is 0 Å². The molecule has 0 aromatic heterocycles. The molecule has 28 heavy (non-hydrogen) atoms. The van der Waals surface area contributed by atoms with E-state index in [0.29, 0.717) is 0 Å². The third-order valence-electron chi connectivity index (χ3n) is 5.29. The van der Waals surface area contributed by atoms with E-state index in [9.17, 15) is 0 Å². The second kappa shape index (κ2) is 7.17. The van der Waals surface area contributed by atoms with Gasteiger partial charge in [-0.05, 0) is 50.2 Å². The lowest BCUT2D eigenvalue weighted by Crippen LogP contribution is -1.84. The van der Waals surface area contributed by atoms with Gasteiger partial charge in [-0.2, -0.15) is 0 Å². The van der Waals surface area contributed by atoms with E-state index in [1.807, 2.05) is 0 Å². The van der Waals surface area contributed by atoms with Gasteiger partial charge in [0.15, 0.2) is 0 Å². The Hall–Kier alpha value is -3.64. The molecule has 0 aliphatic heterocycles. The van der Waals surface area contributed by atoms with Crippen LogP contribution >= 0.6 is 0 Å². The third-order valence-corrected chi connectivity index (χ3v) is 5.29. The van der Waals surface area contributed by atoms with Gasteiger partial charge >= 0.3 is 0 Å². The van der Waals surface area contributed by atoms with Gasteiger partial charge in [-0.25, -0.2) is 0 Å². The first kappa shape index (κ1) is 16.5. The second-order valence-corrected chi connectivity index (χ2v) is 7.05. The summed E-state index contributed by atoms with van der Waals surface area (Å²) in [7, 11) is 0. The Balaban J connectivity index is 1.52. The van der Waals surface area contributed by atoms with Gasteiger partial charge in [0.25, 0.3) is 0 Å². The molecular formula is C28H20. The Morgan fingerprint density at radius 3 is 1.64 bits per heavy atom. The van der Waals surface area contributed by atoms with Gasteiger partial charge in [-0.15, -0.1) is 0 Å². The van der Waals surface area contributed by atoms with E-state index in [0.717, 1.165) is 0 Å². The van der Waals surface area contributed by atoms with Crippen molar-refractivity contribution < 1.29 is 0 Å². The summed E-state index contributed by atoms with van der Waals surface area (Å²) in [5.74, 6) is 0. The van der Waals surface area contributed by atoms with Gasteiger partial charge in [0.2, 0.25) is 0 Å². The Morgan fingerprint density at radius 1 is 0.321 bits per heavy atom. The maximum Gasteiger partial charge on any atom is -0.0105 e.